The van der Waals surface area contributed by atoms with Crippen molar-refractivity contribution in [1.29, 1.82) is 0 Å². The zero-order valence-corrected chi connectivity index (χ0v) is 13.4. The minimum atomic E-state index is -2.62. The van der Waals surface area contributed by atoms with E-state index in [1.807, 2.05) is 0 Å². The topological polar surface area (TPSA) is 26.3 Å². The first-order chi connectivity index (χ1) is 12.9. The van der Waals surface area contributed by atoms with Gasteiger partial charge in [0.2, 0.25) is 0 Å². The maximum absolute atomic E-state index is 14.5. The molecule has 1 aliphatic carbocycles. The summed E-state index contributed by atoms with van der Waals surface area (Å²) in [6.07, 6.45) is -2.62. The van der Waals surface area contributed by atoms with Crippen molar-refractivity contribution in [2.45, 2.75) is 6.36 Å². The molecule has 0 saturated carbocycles. The van der Waals surface area contributed by atoms with Gasteiger partial charge < -0.3 is 4.74 Å². The Morgan fingerprint density at radius 1 is 0.778 bits per heavy atom. The monoisotopic (exact) mass is 376 g/mol. The van der Waals surface area contributed by atoms with Crippen LogP contribution in [0.2, 0.25) is 0 Å². The van der Waals surface area contributed by atoms with Gasteiger partial charge >= 0.3 is 0 Å². The molecule has 1 aliphatic rings. The molecule has 3 aromatic carbocycles. The summed E-state index contributed by atoms with van der Waals surface area (Å²) in [6.45, 7) is 0. The molecule has 0 amide bonds. The molecule has 0 radical (unpaired) electrons. The van der Waals surface area contributed by atoms with Gasteiger partial charge in [0, 0.05) is 16.7 Å². The van der Waals surface area contributed by atoms with Crippen molar-refractivity contribution in [3.05, 3.63) is 88.5 Å². The van der Waals surface area contributed by atoms with E-state index in [0.717, 1.165) is 0 Å². The molecule has 3 aromatic rings. The van der Waals surface area contributed by atoms with E-state index in [1.54, 1.807) is 24.3 Å². The third kappa shape index (κ3) is 2.58. The Labute approximate surface area is 149 Å². The first-order valence-corrected chi connectivity index (χ1v) is 7.81. The Balaban J connectivity index is 1.78. The first kappa shape index (κ1) is 17.2. The minimum absolute atomic E-state index is 0.108. The SMILES string of the molecule is O=C1c2ccccc2-c2c(OC(F)c3cc(F)c(F)c(F)c3F)cccc21. The Kier molecular flexibility index (Phi) is 3.95. The summed E-state index contributed by atoms with van der Waals surface area (Å²) < 4.78 is 73.2. The Hall–Kier alpha value is -3.22. The minimum Gasteiger partial charge on any atom is -0.455 e. The number of carbonyl (C=O) groups is 1. The fourth-order valence-electron chi connectivity index (χ4n) is 3.07. The van der Waals surface area contributed by atoms with Crippen LogP contribution in [0.5, 0.6) is 5.75 Å². The van der Waals surface area contributed by atoms with E-state index in [-0.39, 0.29) is 23.2 Å². The fourth-order valence-corrected chi connectivity index (χ4v) is 3.07. The van der Waals surface area contributed by atoms with Crippen LogP contribution in [0.25, 0.3) is 11.1 Å². The number of hydrogen-bond donors (Lipinski definition) is 0. The maximum atomic E-state index is 14.5. The molecular formula is C20H9F5O2. The number of carbonyl (C=O) groups excluding carboxylic acids is 1. The van der Waals surface area contributed by atoms with E-state index in [1.165, 1.54) is 18.2 Å². The smallest absolute Gasteiger partial charge is 0.267 e. The van der Waals surface area contributed by atoms with Crippen molar-refractivity contribution in [3.8, 4) is 16.9 Å². The van der Waals surface area contributed by atoms with Gasteiger partial charge in [-0.15, -0.1) is 0 Å². The number of fused-ring (bicyclic) bond motifs is 3. The molecule has 0 aromatic heterocycles. The molecule has 0 aliphatic heterocycles. The lowest BCUT2D eigenvalue weighted by Crippen LogP contribution is -2.09. The Morgan fingerprint density at radius 3 is 2.19 bits per heavy atom. The summed E-state index contributed by atoms with van der Waals surface area (Å²) in [7, 11) is 0. The van der Waals surface area contributed by atoms with Crippen LogP contribution in [0.15, 0.2) is 48.5 Å². The molecular weight excluding hydrogens is 367 g/mol. The number of alkyl halides is 1. The molecule has 0 spiro atoms. The maximum Gasteiger partial charge on any atom is 0.267 e. The number of rotatable bonds is 3. The molecule has 2 nitrogen and oxygen atoms in total. The first-order valence-electron chi connectivity index (χ1n) is 7.81. The van der Waals surface area contributed by atoms with Crippen LogP contribution in [0, 0.1) is 23.3 Å². The number of hydrogen-bond acceptors (Lipinski definition) is 2. The summed E-state index contributed by atoms with van der Waals surface area (Å²) in [5.41, 5.74) is 0.324. The molecule has 0 saturated heterocycles. The van der Waals surface area contributed by atoms with E-state index in [9.17, 15) is 26.7 Å². The zero-order valence-electron chi connectivity index (χ0n) is 13.4. The highest BCUT2D eigenvalue weighted by Crippen LogP contribution is 2.44. The Morgan fingerprint density at radius 2 is 1.44 bits per heavy atom. The van der Waals surface area contributed by atoms with Crippen LogP contribution in [-0.2, 0) is 0 Å². The molecule has 0 fully saturated rings. The standard InChI is InChI=1S/C20H9F5O2/c21-13-8-12(16(22)18(24)17(13)23)20(25)27-14-7-3-6-11-15(14)9-4-1-2-5-10(9)19(11)26/h1-8,20H. The Bertz CT molecular complexity index is 1090. The van der Waals surface area contributed by atoms with Gasteiger partial charge in [-0.1, -0.05) is 36.4 Å². The second kappa shape index (κ2) is 6.19. The summed E-state index contributed by atoms with van der Waals surface area (Å²) in [6, 6.07) is 11.1. The van der Waals surface area contributed by atoms with Crippen LogP contribution >= 0.6 is 0 Å². The third-order valence-electron chi connectivity index (χ3n) is 4.32. The molecule has 0 heterocycles. The molecule has 27 heavy (non-hydrogen) atoms. The van der Waals surface area contributed by atoms with Crippen molar-refractivity contribution in [2.24, 2.45) is 0 Å². The number of halogens is 5. The van der Waals surface area contributed by atoms with Gasteiger partial charge in [0.25, 0.3) is 6.36 Å². The number of ketones is 1. The molecule has 1 atom stereocenters. The van der Waals surface area contributed by atoms with Crippen LogP contribution in [0.1, 0.15) is 27.8 Å². The number of benzene rings is 3. The highest BCUT2D eigenvalue weighted by molar-refractivity contribution is 6.22. The largest absolute Gasteiger partial charge is 0.455 e. The summed E-state index contributed by atoms with van der Waals surface area (Å²) >= 11 is 0. The van der Waals surface area contributed by atoms with Crippen LogP contribution < -0.4 is 4.74 Å². The van der Waals surface area contributed by atoms with Crippen LogP contribution in [0.4, 0.5) is 22.0 Å². The van der Waals surface area contributed by atoms with E-state index in [0.29, 0.717) is 16.7 Å². The second-order valence-corrected chi connectivity index (χ2v) is 5.88. The summed E-state index contributed by atoms with van der Waals surface area (Å²) in [5.74, 6) is -8.19. The summed E-state index contributed by atoms with van der Waals surface area (Å²) in [4.78, 5) is 12.4. The van der Waals surface area contributed by atoms with Crippen molar-refractivity contribution in [3.63, 3.8) is 0 Å². The van der Waals surface area contributed by atoms with E-state index in [2.05, 4.69) is 0 Å². The van der Waals surface area contributed by atoms with Gasteiger partial charge in [0.05, 0.1) is 5.56 Å². The van der Waals surface area contributed by atoms with Gasteiger partial charge in [-0.25, -0.2) is 17.6 Å². The normalized spacial score (nSPS) is 13.3. The highest BCUT2D eigenvalue weighted by atomic mass is 19.2. The average Bonchev–Trinajstić information content (AvgIpc) is 2.97. The van der Waals surface area contributed by atoms with Crippen LogP contribution in [0.3, 0.4) is 0 Å². The average molecular weight is 376 g/mol. The molecule has 4 rings (SSSR count). The van der Waals surface area contributed by atoms with Crippen LogP contribution in [-0.4, -0.2) is 5.78 Å². The lowest BCUT2D eigenvalue weighted by Gasteiger charge is -2.16. The third-order valence-corrected chi connectivity index (χ3v) is 4.32. The predicted molar refractivity (Wildman–Crippen MR) is 86.1 cm³/mol. The quantitative estimate of drug-likeness (QED) is 0.268. The second-order valence-electron chi connectivity index (χ2n) is 5.88. The summed E-state index contributed by atoms with van der Waals surface area (Å²) in [5, 5.41) is 0. The van der Waals surface area contributed by atoms with Gasteiger partial charge in [-0.3, -0.25) is 4.79 Å². The molecule has 0 N–H and O–H groups in total. The van der Waals surface area contributed by atoms with Gasteiger partial charge in [-0.05, 0) is 17.7 Å². The molecule has 7 heteroatoms. The highest BCUT2D eigenvalue weighted by Gasteiger charge is 2.31. The van der Waals surface area contributed by atoms with E-state index in [4.69, 9.17) is 4.74 Å². The van der Waals surface area contributed by atoms with E-state index >= 15 is 0 Å². The molecule has 136 valence electrons. The lowest BCUT2D eigenvalue weighted by atomic mass is 10.0. The van der Waals surface area contributed by atoms with Crippen molar-refractivity contribution in [1.82, 2.24) is 0 Å². The van der Waals surface area contributed by atoms with Gasteiger partial charge in [0.15, 0.2) is 29.1 Å². The number of ether oxygens (including phenoxy) is 1. The van der Waals surface area contributed by atoms with Crippen molar-refractivity contribution >= 4 is 5.78 Å². The van der Waals surface area contributed by atoms with Gasteiger partial charge in [0.1, 0.15) is 5.75 Å². The van der Waals surface area contributed by atoms with Crippen molar-refractivity contribution in [2.75, 3.05) is 0 Å². The lowest BCUT2D eigenvalue weighted by molar-refractivity contribution is 0.0627. The zero-order chi connectivity index (χ0) is 19.3. The fraction of sp³-hybridized carbons (Fsp3) is 0.0500. The molecule has 1 unspecified atom stereocenters. The van der Waals surface area contributed by atoms with E-state index < -0.39 is 35.2 Å². The van der Waals surface area contributed by atoms with Crippen molar-refractivity contribution < 1.29 is 31.5 Å². The van der Waals surface area contributed by atoms with Gasteiger partial charge in [-0.2, -0.15) is 4.39 Å². The molecule has 0 bridgehead atoms. The predicted octanol–water partition coefficient (Wildman–Crippen LogP) is 5.50.